The Morgan fingerprint density at radius 3 is 2.79 bits per heavy atom. The molecule has 222 valence electrons. The van der Waals surface area contributed by atoms with E-state index in [9.17, 15) is 8.42 Å². The molecule has 3 aromatic rings. The molecule has 8 nitrogen and oxygen atoms in total. The highest BCUT2D eigenvalue weighted by molar-refractivity contribution is 7.88. The molecule has 6 atom stereocenters. The van der Waals surface area contributed by atoms with Crippen LogP contribution in [0, 0.1) is 17.3 Å². The van der Waals surface area contributed by atoms with Crippen molar-refractivity contribution in [3.05, 3.63) is 71.0 Å². The number of fused-ring (bicyclic) bond motifs is 3. The summed E-state index contributed by atoms with van der Waals surface area (Å²) in [5, 5.41) is 0.968. The molecule has 1 spiro atoms. The molecule has 9 rings (SSSR count). The zero-order valence-electron chi connectivity index (χ0n) is 24.4. The van der Waals surface area contributed by atoms with Gasteiger partial charge >= 0.3 is 7.12 Å². The highest BCUT2D eigenvalue weighted by Crippen LogP contribution is 2.65. The standard InChI is InChI=1S/C32H38BNO7S/c1-30(2)23-14-27(30)31(3)28(15-23)40-33(41-31)29(13-21-16-38-26-7-5-4-6-24(21)26)34-42(35,36)18-20-8-9-25-22(12-20)17-39-32(25)10-11-37-19-32/h4-9,12,16,23,27-29,34H,10-11,13-15,17-19H2,1-3H3/t23-,27-,28+,29-,31-,32?/m0/s1. The summed E-state index contributed by atoms with van der Waals surface area (Å²) < 4.78 is 61.5. The molecular weight excluding hydrogens is 553 g/mol. The van der Waals surface area contributed by atoms with Gasteiger partial charge in [-0.2, -0.15) is 0 Å². The summed E-state index contributed by atoms with van der Waals surface area (Å²) in [6, 6.07) is 13.7. The molecule has 3 aliphatic heterocycles. The second-order valence-electron chi connectivity index (χ2n) is 13.9. The van der Waals surface area contributed by atoms with Gasteiger partial charge in [0.05, 0.1) is 42.9 Å². The number of furan rings is 1. The Bertz CT molecular complexity index is 1650. The molecule has 2 bridgehead atoms. The van der Waals surface area contributed by atoms with E-state index in [-0.39, 0.29) is 22.9 Å². The Morgan fingerprint density at radius 1 is 1.12 bits per heavy atom. The van der Waals surface area contributed by atoms with E-state index in [2.05, 4.69) is 25.5 Å². The molecule has 0 radical (unpaired) electrons. The zero-order chi connectivity index (χ0) is 28.9. The summed E-state index contributed by atoms with van der Waals surface area (Å²) in [5.74, 6) is 0.232. The number of sulfonamides is 1. The van der Waals surface area contributed by atoms with E-state index in [0.717, 1.165) is 52.5 Å². The van der Waals surface area contributed by atoms with Crippen molar-refractivity contribution < 1.29 is 31.6 Å². The number of nitrogens with one attached hydrogen (secondary N) is 1. The Hall–Kier alpha value is -2.21. The summed E-state index contributed by atoms with van der Waals surface area (Å²) in [7, 11) is -4.46. The van der Waals surface area contributed by atoms with Gasteiger partial charge in [0.2, 0.25) is 10.0 Å². The van der Waals surface area contributed by atoms with Crippen LogP contribution in [0.5, 0.6) is 0 Å². The average molecular weight is 592 g/mol. The topological polar surface area (TPSA) is 96.2 Å². The first-order valence-electron chi connectivity index (χ1n) is 15.2. The van der Waals surface area contributed by atoms with E-state index < -0.39 is 28.7 Å². The first-order valence-corrected chi connectivity index (χ1v) is 16.8. The van der Waals surface area contributed by atoms with E-state index in [0.29, 0.717) is 38.1 Å². The lowest BCUT2D eigenvalue weighted by molar-refractivity contribution is -0.199. The molecule has 3 aliphatic carbocycles. The number of rotatable bonds is 7. The maximum Gasteiger partial charge on any atom is 0.477 e. The number of ether oxygens (including phenoxy) is 2. The molecule has 6 aliphatic rings. The van der Waals surface area contributed by atoms with Crippen molar-refractivity contribution >= 4 is 28.1 Å². The smallest absolute Gasteiger partial charge is 0.464 e. The van der Waals surface area contributed by atoms with Gasteiger partial charge in [-0.25, -0.2) is 13.1 Å². The number of hydrogen-bond acceptors (Lipinski definition) is 7. The highest BCUT2D eigenvalue weighted by atomic mass is 32.2. The van der Waals surface area contributed by atoms with Crippen LogP contribution >= 0.6 is 0 Å². The summed E-state index contributed by atoms with van der Waals surface area (Å²) in [6.45, 7) is 8.50. The SMILES string of the molecule is CC1(C)[C@@H]2C[C@H]3OB([C@H](Cc4coc5ccccc45)NS(=O)(=O)Cc4ccc5c(c4)COC54CCOC4)O[C@@]3(C)[C@H]1C2. The van der Waals surface area contributed by atoms with E-state index in [4.69, 9.17) is 23.2 Å². The zero-order valence-corrected chi connectivity index (χ0v) is 25.2. The Morgan fingerprint density at radius 2 is 1.98 bits per heavy atom. The molecule has 2 saturated heterocycles. The van der Waals surface area contributed by atoms with Crippen molar-refractivity contribution in [1.82, 2.24) is 4.72 Å². The van der Waals surface area contributed by atoms with Crippen molar-refractivity contribution in [1.29, 1.82) is 0 Å². The van der Waals surface area contributed by atoms with Gasteiger partial charge in [-0.05, 0) is 71.8 Å². The quantitative estimate of drug-likeness (QED) is 0.392. The van der Waals surface area contributed by atoms with Crippen molar-refractivity contribution in [2.45, 2.75) is 82.1 Å². The number of para-hydroxylation sites is 1. The normalized spacial score (nSPS) is 33.6. The molecule has 0 amide bonds. The monoisotopic (exact) mass is 591 g/mol. The van der Waals surface area contributed by atoms with Crippen molar-refractivity contribution in [3.8, 4) is 0 Å². The van der Waals surface area contributed by atoms with Gasteiger partial charge in [0.15, 0.2) is 0 Å². The molecule has 42 heavy (non-hydrogen) atoms. The van der Waals surface area contributed by atoms with Gasteiger partial charge in [-0.1, -0.05) is 50.2 Å². The molecule has 4 heterocycles. The summed E-state index contributed by atoms with van der Waals surface area (Å²) in [4.78, 5) is 0. The fourth-order valence-electron chi connectivity index (χ4n) is 8.65. The lowest BCUT2D eigenvalue weighted by Crippen LogP contribution is -2.65. The molecule has 2 aromatic carbocycles. The van der Waals surface area contributed by atoms with Crippen LogP contribution in [0.2, 0.25) is 0 Å². The highest BCUT2D eigenvalue weighted by Gasteiger charge is 2.68. The van der Waals surface area contributed by atoms with Crippen LogP contribution < -0.4 is 4.72 Å². The van der Waals surface area contributed by atoms with Gasteiger partial charge in [0, 0.05) is 18.4 Å². The molecule has 1 aromatic heterocycles. The van der Waals surface area contributed by atoms with E-state index in [1.165, 1.54) is 0 Å². The van der Waals surface area contributed by atoms with E-state index in [1.807, 2.05) is 42.5 Å². The molecular formula is C32H38BNO7S. The fourth-order valence-corrected chi connectivity index (χ4v) is 10.0. The molecule has 10 heteroatoms. The Kier molecular flexibility index (Phi) is 6.12. The van der Waals surface area contributed by atoms with Crippen LogP contribution in [-0.2, 0) is 53.2 Å². The number of hydrogen-bond donors (Lipinski definition) is 1. The average Bonchev–Trinajstić information content (AvgIpc) is 3.74. The second-order valence-corrected chi connectivity index (χ2v) is 15.6. The van der Waals surface area contributed by atoms with Gasteiger partial charge in [0.25, 0.3) is 0 Å². The largest absolute Gasteiger partial charge is 0.477 e. The van der Waals surface area contributed by atoms with Crippen molar-refractivity contribution in [2.24, 2.45) is 17.3 Å². The summed E-state index contributed by atoms with van der Waals surface area (Å²) in [5.41, 5.74) is 3.95. The van der Waals surface area contributed by atoms with Gasteiger partial charge in [-0.15, -0.1) is 0 Å². The predicted molar refractivity (Wildman–Crippen MR) is 158 cm³/mol. The second kappa shape index (κ2) is 9.40. The van der Waals surface area contributed by atoms with E-state index >= 15 is 0 Å². The van der Waals surface area contributed by atoms with Crippen LogP contribution in [-0.4, -0.2) is 46.4 Å². The van der Waals surface area contributed by atoms with Crippen LogP contribution in [0.4, 0.5) is 0 Å². The Balaban J connectivity index is 1.07. The molecule has 1 unspecified atom stereocenters. The van der Waals surface area contributed by atoms with Crippen LogP contribution in [0.1, 0.15) is 62.3 Å². The van der Waals surface area contributed by atoms with Gasteiger partial charge in [0.1, 0.15) is 11.2 Å². The summed E-state index contributed by atoms with van der Waals surface area (Å²) in [6.07, 6.45) is 4.96. The van der Waals surface area contributed by atoms with Crippen LogP contribution in [0.15, 0.2) is 53.1 Å². The minimum Gasteiger partial charge on any atom is -0.464 e. The molecule has 1 N–H and O–H groups in total. The molecule has 5 fully saturated rings. The van der Waals surface area contributed by atoms with E-state index in [1.54, 1.807) is 6.26 Å². The fraction of sp³-hybridized carbons (Fsp3) is 0.562. The third-order valence-electron chi connectivity index (χ3n) is 11.1. The van der Waals surface area contributed by atoms with Gasteiger partial charge in [-0.3, -0.25) is 0 Å². The van der Waals surface area contributed by atoms with Crippen LogP contribution in [0.3, 0.4) is 0 Å². The first-order chi connectivity index (χ1) is 20.1. The lowest BCUT2D eigenvalue weighted by Gasteiger charge is -2.64. The maximum absolute atomic E-state index is 13.8. The third-order valence-corrected chi connectivity index (χ3v) is 12.5. The minimum atomic E-state index is -3.76. The molecule has 3 saturated carbocycles. The van der Waals surface area contributed by atoms with Crippen LogP contribution in [0.25, 0.3) is 11.0 Å². The number of benzene rings is 2. The third kappa shape index (κ3) is 4.17. The lowest BCUT2D eigenvalue weighted by atomic mass is 9.43. The Labute approximate surface area is 247 Å². The summed E-state index contributed by atoms with van der Waals surface area (Å²) >= 11 is 0. The minimum absolute atomic E-state index is 0.0454. The van der Waals surface area contributed by atoms with Crippen molar-refractivity contribution in [3.63, 3.8) is 0 Å². The first kappa shape index (κ1) is 27.4. The maximum atomic E-state index is 13.8. The van der Waals surface area contributed by atoms with Gasteiger partial charge < -0.3 is 23.2 Å². The predicted octanol–water partition coefficient (Wildman–Crippen LogP) is 4.88. The van der Waals surface area contributed by atoms with Crippen molar-refractivity contribution in [2.75, 3.05) is 13.2 Å².